The van der Waals surface area contributed by atoms with Gasteiger partial charge in [0.25, 0.3) is 5.91 Å². The van der Waals surface area contributed by atoms with Crippen molar-refractivity contribution in [1.29, 1.82) is 0 Å². The van der Waals surface area contributed by atoms with Crippen LogP contribution < -0.4 is 10.1 Å². The van der Waals surface area contributed by atoms with Crippen LogP contribution in [0.15, 0.2) is 18.2 Å². The normalized spacial score (nSPS) is 34.0. The fourth-order valence-corrected chi connectivity index (χ4v) is 5.92. The van der Waals surface area contributed by atoms with Gasteiger partial charge in [-0.25, -0.2) is 0 Å². The van der Waals surface area contributed by atoms with Gasteiger partial charge in [0, 0.05) is 5.54 Å². The van der Waals surface area contributed by atoms with Crippen LogP contribution in [0.4, 0.5) is 0 Å². The summed E-state index contributed by atoms with van der Waals surface area (Å²) < 4.78 is 6.14. The molecule has 0 heterocycles. The SMILES string of the molecule is CC[C@@H](Oc1cc(C)ccc1C)C(=O)NC12CC3CC(CC(C3)C1)C2. The Morgan fingerprint density at radius 1 is 1.16 bits per heavy atom. The summed E-state index contributed by atoms with van der Waals surface area (Å²) in [5, 5.41) is 3.47. The highest BCUT2D eigenvalue weighted by Crippen LogP contribution is 2.55. The molecule has 4 fully saturated rings. The maximum absolute atomic E-state index is 13.0. The minimum absolute atomic E-state index is 0.0598. The largest absolute Gasteiger partial charge is 0.480 e. The maximum Gasteiger partial charge on any atom is 0.261 e. The molecule has 5 rings (SSSR count). The lowest BCUT2D eigenvalue weighted by molar-refractivity contribution is -0.134. The van der Waals surface area contributed by atoms with Crippen LogP contribution in [0.5, 0.6) is 5.75 Å². The topological polar surface area (TPSA) is 38.3 Å². The van der Waals surface area contributed by atoms with Gasteiger partial charge in [0.1, 0.15) is 5.75 Å². The summed E-state index contributed by atoms with van der Waals surface area (Å²) in [6, 6.07) is 6.18. The monoisotopic (exact) mass is 341 g/mol. The number of carbonyl (C=O) groups is 1. The number of aryl methyl sites for hydroxylation is 2. The Hall–Kier alpha value is -1.51. The van der Waals surface area contributed by atoms with E-state index >= 15 is 0 Å². The molecule has 0 unspecified atom stereocenters. The number of hydrogen-bond donors (Lipinski definition) is 1. The third-order valence-corrected chi connectivity index (χ3v) is 6.70. The summed E-state index contributed by atoms with van der Waals surface area (Å²) in [6.45, 7) is 6.14. The first-order valence-electron chi connectivity index (χ1n) is 10.0. The fraction of sp³-hybridized carbons (Fsp3) is 0.682. The molecule has 3 nitrogen and oxygen atoms in total. The third-order valence-electron chi connectivity index (χ3n) is 6.70. The highest BCUT2D eigenvalue weighted by atomic mass is 16.5. The van der Waals surface area contributed by atoms with Crippen molar-refractivity contribution < 1.29 is 9.53 Å². The molecule has 4 aliphatic carbocycles. The van der Waals surface area contributed by atoms with Crippen LogP contribution in [0.25, 0.3) is 0 Å². The van der Waals surface area contributed by atoms with Gasteiger partial charge >= 0.3 is 0 Å². The molecule has 0 radical (unpaired) electrons. The zero-order valence-electron chi connectivity index (χ0n) is 15.8. The van der Waals surface area contributed by atoms with E-state index in [-0.39, 0.29) is 11.4 Å². The van der Waals surface area contributed by atoms with E-state index in [4.69, 9.17) is 4.74 Å². The van der Waals surface area contributed by atoms with Gasteiger partial charge in [-0.3, -0.25) is 4.79 Å². The summed E-state index contributed by atoms with van der Waals surface area (Å²) in [4.78, 5) is 13.0. The summed E-state index contributed by atoms with van der Waals surface area (Å²) in [6.07, 6.45) is 8.04. The molecule has 0 aromatic heterocycles. The summed E-state index contributed by atoms with van der Waals surface area (Å²) in [5.41, 5.74) is 2.31. The smallest absolute Gasteiger partial charge is 0.261 e. The molecule has 0 aliphatic heterocycles. The van der Waals surface area contributed by atoms with E-state index in [2.05, 4.69) is 24.4 Å². The molecule has 1 N–H and O–H groups in total. The molecule has 136 valence electrons. The van der Waals surface area contributed by atoms with E-state index in [0.29, 0.717) is 6.42 Å². The number of benzene rings is 1. The average molecular weight is 341 g/mol. The lowest BCUT2D eigenvalue weighted by Crippen LogP contribution is -2.61. The number of hydrogen-bond acceptors (Lipinski definition) is 2. The van der Waals surface area contributed by atoms with Crippen molar-refractivity contribution in [3.63, 3.8) is 0 Å². The fourth-order valence-electron chi connectivity index (χ4n) is 5.92. The minimum Gasteiger partial charge on any atom is -0.480 e. The van der Waals surface area contributed by atoms with Gasteiger partial charge < -0.3 is 10.1 Å². The van der Waals surface area contributed by atoms with Gasteiger partial charge in [-0.2, -0.15) is 0 Å². The molecule has 25 heavy (non-hydrogen) atoms. The minimum atomic E-state index is -0.395. The van der Waals surface area contributed by atoms with Gasteiger partial charge in [-0.15, -0.1) is 0 Å². The lowest BCUT2D eigenvalue weighted by atomic mass is 9.53. The lowest BCUT2D eigenvalue weighted by Gasteiger charge is -2.57. The van der Waals surface area contributed by atoms with Crippen molar-refractivity contribution in [2.45, 2.75) is 77.4 Å². The van der Waals surface area contributed by atoms with E-state index in [1.54, 1.807) is 0 Å². The van der Waals surface area contributed by atoms with Gasteiger partial charge in [-0.1, -0.05) is 19.1 Å². The van der Waals surface area contributed by atoms with Crippen LogP contribution in [0.1, 0.15) is 63.0 Å². The maximum atomic E-state index is 13.0. The van der Waals surface area contributed by atoms with Crippen molar-refractivity contribution in [3.8, 4) is 5.75 Å². The molecule has 1 amide bonds. The molecule has 0 spiro atoms. The van der Waals surface area contributed by atoms with Gasteiger partial charge in [0.2, 0.25) is 0 Å². The second-order valence-electron chi connectivity index (χ2n) is 8.97. The highest BCUT2D eigenvalue weighted by Gasteiger charge is 2.51. The van der Waals surface area contributed by atoms with E-state index in [1.807, 2.05) is 19.9 Å². The first-order chi connectivity index (χ1) is 12.0. The summed E-state index contributed by atoms with van der Waals surface area (Å²) >= 11 is 0. The number of carbonyl (C=O) groups excluding carboxylic acids is 1. The summed E-state index contributed by atoms with van der Waals surface area (Å²) in [7, 11) is 0. The molecule has 4 bridgehead atoms. The van der Waals surface area contributed by atoms with Crippen LogP contribution in [0, 0.1) is 31.6 Å². The zero-order chi connectivity index (χ0) is 17.6. The number of amides is 1. The van der Waals surface area contributed by atoms with Crippen LogP contribution in [-0.2, 0) is 4.79 Å². The number of rotatable bonds is 5. The van der Waals surface area contributed by atoms with Gasteiger partial charge in [-0.05, 0) is 93.7 Å². The second-order valence-corrected chi connectivity index (χ2v) is 8.97. The molecular weight excluding hydrogens is 310 g/mol. The van der Waals surface area contributed by atoms with Crippen molar-refractivity contribution >= 4 is 5.91 Å². The van der Waals surface area contributed by atoms with Crippen molar-refractivity contribution in [2.24, 2.45) is 17.8 Å². The Morgan fingerprint density at radius 2 is 1.76 bits per heavy atom. The Balaban J connectivity index is 1.46. The van der Waals surface area contributed by atoms with E-state index in [1.165, 1.54) is 38.5 Å². The van der Waals surface area contributed by atoms with Crippen LogP contribution in [0.3, 0.4) is 0 Å². The predicted octanol–water partition coefficient (Wildman–Crippen LogP) is 4.55. The Labute approximate surface area is 151 Å². The van der Waals surface area contributed by atoms with Crippen LogP contribution in [0.2, 0.25) is 0 Å². The van der Waals surface area contributed by atoms with Crippen LogP contribution in [-0.4, -0.2) is 17.6 Å². The van der Waals surface area contributed by atoms with Gasteiger partial charge in [0.15, 0.2) is 6.10 Å². The first kappa shape index (κ1) is 16.9. The molecular formula is C22H31NO2. The molecule has 1 aromatic carbocycles. The van der Waals surface area contributed by atoms with Crippen LogP contribution >= 0.6 is 0 Å². The van der Waals surface area contributed by atoms with Crippen molar-refractivity contribution in [2.75, 3.05) is 0 Å². The summed E-state index contributed by atoms with van der Waals surface area (Å²) in [5.74, 6) is 3.45. The third kappa shape index (κ3) is 3.30. The zero-order valence-corrected chi connectivity index (χ0v) is 15.8. The number of ether oxygens (including phenoxy) is 1. The Morgan fingerprint density at radius 3 is 2.32 bits per heavy atom. The molecule has 0 saturated heterocycles. The standard InChI is InChI=1S/C22H31NO2/c1-4-19(25-20-7-14(2)5-6-15(20)3)21(24)23-22-11-16-8-17(12-22)10-18(9-16)13-22/h5-7,16-19H,4,8-13H2,1-3H3,(H,23,24)/t16?,17?,18?,19-,22?/m1/s1. The van der Waals surface area contributed by atoms with E-state index in [9.17, 15) is 4.79 Å². The molecule has 4 saturated carbocycles. The Kier molecular flexibility index (Phi) is 4.29. The predicted molar refractivity (Wildman–Crippen MR) is 99.7 cm³/mol. The van der Waals surface area contributed by atoms with Crippen molar-refractivity contribution in [3.05, 3.63) is 29.3 Å². The second kappa shape index (κ2) is 6.34. The quantitative estimate of drug-likeness (QED) is 0.853. The molecule has 3 heteroatoms. The molecule has 4 aliphatic rings. The highest BCUT2D eigenvalue weighted by molar-refractivity contribution is 5.82. The van der Waals surface area contributed by atoms with E-state index in [0.717, 1.165) is 34.6 Å². The number of nitrogens with one attached hydrogen (secondary N) is 1. The van der Waals surface area contributed by atoms with Gasteiger partial charge in [0.05, 0.1) is 0 Å². The van der Waals surface area contributed by atoms with E-state index < -0.39 is 6.10 Å². The van der Waals surface area contributed by atoms with Crippen molar-refractivity contribution in [1.82, 2.24) is 5.32 Å². The Bertz CT molecular complexity index is 631. The molecule has 1 aromatic rings. The average Bonchev–Trinajstić information content (AvgIpc) is 2.53. The molecule has 1 atom stereocenters. The first-order valence-corrected chi connectivity index (χ1v) is 10.0.